The van der Waals surface area contributed by atoms with Crippen molar-refractivity contribution >= 4 is 34.4 Å². The van der Waals surface area contributed by atoms with E-state index in [4.69, 9.17) is 4.99 Å². The van der Waals surface area contributed by atoms with Crippen LogP contribution in [-0.4, -0.2) is 35.8 Å². The number of carbonyl (C=O) groups excluding carboxylic acids is 2. The first-order valence-corrected chi connectivity index (χ1v) is 10.3. The number of amides is 2. The van der Waals surface area contributed by atoms with Crippen LogP contribution < -0.4 is 16.0 Å². The molecule has 0 aliphatic carbocycles. The maximum Gasteiger partial charge on any atom is 0.257 e. The Morgan fingerprint density at radius 1 is 1.21 bits per heavy atom. The van der Waals surface area contributed by atoms with Crippen LogP contribution in [0.25, 0.3) is 0 Å². The molecule has 1 fully saturated rings. The fourth-order valence-corrected chi connectivity index (χ4v) is 4.95. The topological polar surface area (TPSA) is 82.6 Å². The molecule has 2 aliphatic rings. The number of halogens is 1. The van der Waals surface area contributed by atoms with E-state index in [0.717, 1.165) is 0 Å². The van der Waals surface area contributed by atoms with Gasteiger partial charge in [0.2, 0.25) is 5.91 Å². The Kier molecular flexibility index (Phi) is 5.38. The number of anilines is 1. The van der Waals surface area contributed by atoms with Crippen molar-refractivity contribution in [2.24, 2.45) is 10.9 Å². The fourth-order valence-electron chi connectivity index (χ4n) is 3.81. The number of hydrogen-bond donors (Lipinski definition) is 3. The molecule has 0 aromatic heterocycles. The maximum atomic E-state index is 14.9. The Bertz CT molecular complexity index is 982. The number of benzene rings is 2. The van der Waals surface area contributed by atoms with Gasteiger partial charge in [-0.1, -0.05) is 30.0 Å². The molecule has 1 saturated heterocycles. The Labute approximate surface area is 172 Å². The molecule has 0 spiro atoms. The molecule has 29 heavy (non-hydrogen) atoms. The minimum absolute atomic E-state index is 0.0759. The third kappa shape index (κ3) is 3.90. The van der Waals surface area contributed by atoms with Crippen molar-refractivity contribution in [3.63, 3.8) is 0 Å². The number of rotatable bonds is 3. The van der Waals surface area contributed by atoms with Gasteiger partial charge in [0.1, 0.15) is 11.4 Å². The van der Waals surface area contributed by atoms with E-state index in [1.54, 1.807) is 30.3 Å². The lowest BCUT2D eigenvalue weighted by Gasteiger charge is -2.36. The molecule has 0 bridgehead atoms. The summed E-state index contributed by atoms with van der Waals surface area (Å²) in [4.78, 5) is 28.8. The van der Waals surface area contributed by atoms with Crippen molar-refractivity contribution in [1.82, 2.24) is 10.6 Å². The Balaban J connectivity index is 1.69. The lowest BCUT2D eigenvalue weighted by molar-refractivity contribution is -0.114. The number of fused-ring (bicyclic) bond motifs is 1. The van der Waals surface area contributed by atoms with E-state index < -0.39 is 5.54 Å². The zero-order valence-corrected chi connectivity index (χ0v) is 16.7. The van der Waals surface area contributed by atoms with E-state index in [2.05, 4.69) is 16.0 Å². The second kappa shape index (κ2) is 7.96. The Morgan fingerprint density at radius 3 is 2.76 bits per heavy atom. The molecule has 0 unspecified atom stereocenters. The summed E-state index contributed by atoms with van der Waals surface area (Å²) in [6.45, 7) is 2.58. The predicted molar refractivity (Wildman–Crippen MR) is 113 cm³/mol. The number of aliphatic imine (C=N–C) groups is 1. The van der Waals surface area contributed by atoms with Crippen LogP contribution in [0.1, 0.15) is 22.8 Å². The van der Waals surface area contributed by atoms with Crippen LogP contribution in [0.3, 0.4) is 0 Å². The molecule has 2 atom stereocenters. The highest BCUT2D eigenvalue weighted by Crippen LogP contribution is 2.44. The average Bonchev–Trinajstić information content (AvgIpc) is 3.14. The molecular weight excluding hydrogens is 391 g/mol. The molecule has 0 radical (unpaired) electrons. The normalized spacial score (nSPS) is 23.1. The summed E-state index contributed by atoms with van der Waals surface area (Å²) in [7, 11) is 0. The summed E-state index contributed by atoms with van der Waals surface area (Å²) in [5, 5.41) is 9.35. The third-order valence-electron chi connectivity index (χ3n) is 5.19. The number of nitrogens with one attached hydrogen (secondary N) is 3. The van der Waals surface area contributed by atoms with E-state index in [1.807, 2.05) is 6.07 Å². The zero-order valence-electron chi connectivity index (χ0n) is 15.9. The first kappa shape index (κ1) is 19.6. The quantitative estimate of drug-likeness (QED) is 0.724. The predicted octanol–water partition coefficient (Wildman–Crippen LogP) is 2.73. The van der Waals surface area contributed by atoms with Gasteiger partial charge in [-0.25, -0.2) is 9.38 Å². The van der Waals surface area contributed by atoms with Crippen molar-refractivity contribution in [3.05, 3.63) is 65.5 Å². The zero-order chi connectivity index (χ0) is 20.4. The highest BCUT2D eigenvalue weighted by Gasteiger charge is 2.48. The van der Waals surface area contributed by atoms with Gasteiger partial charge in [0.05, 0.1) is 0 Å². The van der Waals surface area contributed by atoms with Gasteiger partial charge in [-0.05, 0) is 30.3 Å². The molecular formula is C21H21FN4O2S. The molecule has 2 aliphatic heterocycles. The molecule has 2 aromatic carbocycles. The number of nitrogens with zero attached hydrogens (tertiary/aromatic N) is 1. The standard InChI is InChI=1S/C21H21FN4O2S/c1-13(27)24-16-7-8-18(22)17(9-16)21-12-23-10-15(21)11-29-20(26-21)25-19(28)14-5-3-2-4-6-14/h2-9,15,23H,10-12H2,1H3,(H,24,27)(H,25,26,28)/t15-,21-/m0/s1. The Morgan fingerprint density at radius 2 is 2.00 bits per heavy atom. The van der Waals surface area contributed by atoms with E-state index in [0.29, 0.717) is 40.8 Å². The molecule has 6 nitrogen and oxygen atoms in total. The first-order chi connectivity index (χ1) is 14.0. The number of hydrogen-bond acceptors (Lipinski definition) is 5. The van der Waals surface area contributed by atoms with Gasteiger partial charge >= 0.3 is 0 Å². The smallest absolute Gasteiger partial charge is 0.257 e. The van der Waals surface area contributed by atoms with Gasteiger partial charge in [-0.2, -0.15) is 0 Å². The second-order valence-electron chi connectivity index (χ2n) is 7.18. The fraction of sp³-hybridized carbons (Fsp3) is 0.286. The molecule has 0 saturated carbocycles. The van der Waals surface area contributed by atoms with Crippen LogP contribution in [0, 0.1) is 11.7 Å². The van der Waals surface area contributed by atoms with Gasteiger partial charge in [-0.15, -0.1) is 0 Å². The highest BCUT2D eigenvalue weighted by molar-refractivity contribution is 8.13. The Hall–Kier alpha value is -2.71. The van der Waals surface area contributed by atoms with Crippen LogP contribution in [0.5, 0.6) is 0 Å². The molecule has 150 valence electrons. The summed E-state index contributed by atoms with van der Waals surface area (Å²) in [5.74, 6) is -0.0715. The van der Waals surface area contributed by atoms with Gasteiger partial charge in [0.25, 0.3) is 5.91 Å². The molecule has 2 aromatic rings. The molecule has 2 amide bonds. The van der Waals surface area contributed by atoms with E-state index >= 15 is 0 Å². The van der Waals surface area contributed by atoms with Crippen LogP contribution in [0.15, 0.2) is 53.5 Å². The van der Waals surface area contributed by atoms with E-state index in [1.165, 1.54) is 30.8 Å². The van der Waals surface area contributed by atoms with Crippen molar-refractivity contribution in [2.45, 2.75) is 12.5 Å². The van der Waals surface area contributed by atoms with Crippen LogP contribution in [0.4, 0.5) is 10.1 Å². The lowest BCUT2D eigenvalue weighted by Crippen LogP contribution is -2.43. The lowest BCUT2D eigenvalue weighted by atomic mass is 9.81. The first-order valence-electron chi connectivity index (χ1n) is 9.35. The highest BCUT2D eigenvalue weighted by atomic mass is 32.2. The average molecular weight is 412 g/mol. The SMILES string of the molecule is CC(=O)Nc1ccc(F)c([C@]23CNC[C@H]2CSC(NC(=O)c2ccccc2)=N3)c1. The van der Waals surface area contributed by atoms with Gasteiger partial charge in [0.15, 0.2) is 5.17 Å². The van der Waals surface area contributed by atoms with Gasteiger partial charge in [0, 0.05) is 48.5 Å². The van der Waals surface area contributed by atoms with Crippen LogP contribution >= 0.6 is 11.8 Å². The maximum absolute atomic E-state index is 14.9. The van der Waals surface area contributed by atoms with Crippen molar-refractivity contribution in [3.8, 4) is 0 Å². The summed E-state index contributed by atoms with van der Waals surface area (Å²) < 4.78 is 14.9. The summed E-state index contributed by atoms with van der Waals surface area (Å²) in [5.41, 5.74) is 0.654. The number of amidine groups is 1. The van der Waals surface area contributed by atoms with Crippen molar-refractivity contribution in [1.29, 1.82) is 0 Å². The van der Waals surface area contributed by atoms with Gasteiger partial charge in [-0.3, -0.25) is 9.59 Å². The molecule has 3 N–H and O–H groups in total. The summed E-state index contributed by atoms with van der Waals surface area (Å²) >= 11 is 1.46. The number of thioether (sulfide) groups is 1. The van der Waals surface area contributed by atoms with Crippen molar-refractivity contribution < 1.29 is 14.0 Å². The van der Waals surface area contributed by atoms with E-state index in [-0.39, 0.29) is 23.5 Å². The van der Waals surface area contributed by atoms with Crippen LogP contribution in [-0.2, 0) is 10.3 Å². The molecule has 4 rings (SSSR count). The van der Waals surface area contributed by atoms with E-state index in [9.17, 15) is 14.0 Å². The second-order valence-corrected chi connectivity index (χ2v) is 8.18. The summed E-state index contributed by atoms with van der Waals surface area (Å²) in [6.07, 6.45) is 0. The molecule has 8 heteroatoms. The minimum atomic E-state index is -0.830. The molecule has 2 heterocycles. The third-order valence-corrected chi connectivity index (χ3v) is 6.23. The monoisotopic (exact) mass is 412 g/mol. The van der Waals surface area contributed by atoms with Crippen molar-refractivity contribution in [2.75, 3.05) is 24.2 Å². The van der Waals surface area contributed by atoms with Crippen LogP contribution in [0.2, 0.25) is 0 Å². The number of carbonyl (C=O) groups is 2. The largest absolute Gasteiger partial charge is 0.326 e. The summed E-state index contributed by atoms with van der Waals surface area (Å²) in [6, 6.07) is 13.4. The minimum Gasteiger partial charge on any atom is -0.326 e. The van der Waals surface area contributed by atoms with Gasteiger partial charge < -0.3 is 16.0 Å².